The van der Waals surface area contributed by atoms with Gasteiger partial charge in [0.2, 0.25) is 0 Å². The summed E-state index contributed by atoms with van der Waals surface area (Å²) in [6.07, 6.45) is 0. The monoisotopic (exact) mass is 452 g/mol. The van der Waals surface area contributed by atoms with E-state index in [9.17, 15) is 14.9 Å². The summed E-state index contributed by atoms with van der Waals surface area (Å²) in [6, 6.07) is 15.0. The lowest BCUT2D eigenvalue weighted by Crippen LogP contribution is -2.44. The summed E-state index contributed by atoms with van der Waals surface area (Å²) in [5.41, 5.74) is 1.84. The highest BCUT2D eigenvalue weighted by molar-refractivity contribution is 6.32. The van der Waals surface area contributed by atoms with E-state index in [0.29, 0.717) is 11.4 Å². The Kier molecular flexibility index (Phi) is 6.29. The van der Waals surface area contributed by atoms with E-state index in [2.05, 4.69) is 32.4 Å². The van der Waals surface area contributed by atoms with E-state index in [1.807, 2.05) is 18.2 Å². The first-order chi connectivity index (χ1) is 15.4. The van der Waals surface area contributed by atoms with Crippen molar-refractivity contribution >= 4 is 34.7 Å². The van der Waals surface area contributed by atoms with E-state index < -0.39 is 10.8 Å². The summed E-state index contributed by atoms with van der Waals surface area (Å²) < 4.78 is 0. The molecule has 32 heavy (non-hydrogen) atoms. The summed E-state index contributed by atoms with van der Waals surface area (Å²) in [6.45, 7) is 3.80. The van der Waals surface area contributed by atoms with Crippen LogP contribution in [0.4, 0.5) is 17.2 Å². The Balaban J connectivity index is 1.48. The second-order valence-corrected chi connectivity index (χ2v) is 7.93. The number of benzene rings is 2. The molecule has 0 aliphatic carbocycles. The van der Waals surface area contributed by atoms with Crippen molar-refractivity contribution in [3.05, 3.63) is 75.3 Å². The molecule has 0 unspecified atom stereocenters. The minimum absolute atomic E-state index is 0.0212. The third kappa shape index (κ3) is 4.84. The molecule has 4 rings (SSSR count). The van der Waals surface area contributed by atoms with Crippen LogP contribution in [0, 0.1) is 10.1 Å². The third-order valence-corrected chi connectivity index (χ3v) is 5.62. The SMILES string of the molecule is CN1CCN(c2ccc(-c3cccc(NC(=O)c4ccc(Cl)c([N+](=O)[O-])c4)c3)nn2)CC1. The summed E-state index contributed by atoms with van der Waals surface area (Å²) in [7, 11) is 2.10. The number of anilines is 2. The van der Waals surface area contributed by atoms with Crippen LogP contribution >= 0.6 is 11.6 Å². The number of hydrogen-bond acceptors (Lipinski definition) is 7. The zero-order valence-corrected chi connectivity index (χ0v) is 18.1. The molecule has 10 heteroatoms. The Bertz CT molecular complexity index is 1150. The van der Waals surface area contributed by atoms with Crippen molar-refractivity contribution in [2.24, 2.45) is 0 Å². The number of hydrogen-bond donors (Lipinski definition) is 1. The Hall–Kier alpha value is -3.56. The summed E-state index contributed by atoms with van der Waals surface area (Å²) in [4.78, 5) is 27.5. The topological polar surface area (TPSA) is 104 Å². The van der Waals surface area contributed by atoms with Crippen LogP contribution in [0.15, 0.2) is 54.6 Å². The van der Waals surface area contributed by atoms with E-state index in [1.54, 1.807) is 18.2 Å². The average Bonchev–Trinajstić information content (AvgIpc) is 2.80. The molecule has 1 saturated heterocycles. The average molecular weight is 453 g/mol. The molecule has 164 valence electrons. The minimum atomic E-state index is -0.621. The Morgan fingerprint density at radius 1 is 1.06 bits per heavy atom. The fourth-order valence-corrected chi connectivity index (χ4v) is 3.62. The smallest absolute Gasteiger partial charge is 0.288 e. The summed E-state index contributed by atoms with van der Waals surface area (Å²) >= 11 is 5.82. The van der Waals surface area contributed by atoms with E-state index in [1.165, 1.54) is 12.1 Å². The van der Waals surface area contributed by atoms with Gasteiger partial charge in [-0.1, -0.05) is 23.7 Å². The normalized spacial score (nSPS) is 14.2. The first-order valence-corrected chi connectivity index (χ1v) is 10.4. The molecular formula is C22H21ClN6O3. The van der Waals surface area contributed by atoms with E-state index in [4.69, 9.17) is 11.6 Å². The van der Waals surface area contributed by atoms with Crippen molar-refractivity contribution in [1.29, 1.82) is 0 Å². The molecule has 1 aromatic heterocycles. The van der Waals surface area contributed by atoms with Gasteiger partial charge in [-0.25, -0.2) is 0 Å². The van der Waals surface area contributed by atoms with Crippen molar-refractivity contribution in [1.82, 2.24) is 15.1 Å². The maximum absolute atomic E-state index is 12.6. The molecule has 0 atom stereocenters. The van der Waals surface area contributed by atoms with Crippen molar-refractivity contribution in [2.45, 2.75) is 0 Å². The molecule has 9 nitrogen and oxygen atoms in total. The molecular weight excluding hydrogens is 432 g/mol. The predicted octanol–water partition coefficient (Wildman–Crippen LogP) is 3.71. The lowest BCUT2D eigenvalue weighted by atomic mass is 10.1. The molecule has 1 amide bonds. The molecule has 2 aromatic carbocycles. The van der Waals surface area contributed by atoms with E-state index >= 15 is 0 Å². The minimum Gasteiger partial charge on any atom is -0.353 e. The second-order valence-electron chi connectivity index (χ2n) is 7.53. The van der Waals surface area contributed by atoms with Crippen LogP contribution < -0.4 is 10.2 Å². The Morgan fingerprint density at radius 2 is 1.84 bits per heavy atom. The number of halogens is 1. The second kappa shape index (κ2) is 9.29. The lowest BCUT2D eigenvalue weighted by molar-refractivity contribution is -0.384. The molecule has 0 radical (unpaired) electrons. The van der Waals surface area contributed by atoms with Gasteiger partial charge in [-0.3, -0.25) is 14.9 Å². The van der Waals surface area contributed by atoms with Crippen molar-refractivity contribution in [3.8, 4) is 11.3 Å². The number of nitro groups is 1. The summed E-state index contributed by atoms with van der Waals surface area (Å²) in [5.74, 6) is 0.369. The number of aromatic nitrogens is 2. The van der Waals surface area contributed by atoms with Crippen LogP contribution in [0.1, 0.15) is 10.4 Å². The number of carbonyl (C=O) groups excluding carboxylic acids is 1. The molecule has 0 saturated carbocycles. The quantitative estimate of drug-likeness (QED) is 0.464. The van der Waals surface area contributed by atoms with Crippen LogP contribution in [0.25, 0.3) is 11.3 Å². The van der Waals surface area contributed by atoms with Crippen molar-refractivity contribution in [3.63, 3.8) is 0 Å². The maximum Gasteiger partial charge on any atom is 0.288 e. The van der Waals surface area contributed by atoms with Crippen molar-refractivity contribution in [2.75, 3.05) is 43.4 Å². The van der Waals surface area contributed by atoms with Crippen LogP contribution in [0.5, 0.6) is 0 Å². The van der Waals surface area contributed by atoms with E-state index in [0.717, 1.165) is 43.6 Å². The number of amides is 1. The van der Waals surface area contributed by atoms with Crippen molar-refractivity contribution < 1.29 is 9.72 Å². The number of nitro benzene ring substituents is 1. The predicted molar refractivity (Wildman–Crippen MR) is 123 cm³/mol. The zero-order valence-electron chi connectivity index (χ0n) is 17.4. The van der Waals surface area contributed by atoms with Gasteiger partial charge in [0.05, 0.1) is 10.6 Å². The molecule has 1 aliphatic rings. The molecule has 0 bridgehead atoms. The lowest BCUT2D eigenvalue weighted by Gasteiger charge is -2.32. The van der Waals surface area contributed by atoms with Gasteiger partial charge in [0.15, 0.2) is 5.82 Å². The van der Waals surface area contributed by atoms with Gasteiger partial charge >= 0.3 is 0 Å². The molecule has 1 fully saturated rings. The first-order valence-electron chi connectivity index (χ1n) is 10.0. The van der Waals surface area contributed by atoms with Gasteiger partial charge in [-0.05, 0) is 43.4 Å². The number of nitrogens with zero attached hydrogens (tertiary/aromatic N) is 5. The molecule has 1 aliphatic heterocycles. The highest BCUT2D eigenvalue weighted by Crippen LogP contribution is 2.26. The maximum atomic E-state index is 12.6. The van der Waals surface area contributed by atoms with Gasteiger partial charge in [0.25, 0.3) is 11.6 Å². The third-order valence-electron chi connectivity index (χ3n) is 5.30. The largest absolute Gasteiger partial charge is 0.353 e. The number of rotatable bonds is 5. The van der Waals surface area contributed by atoms with Gasteiger partial charge in [-0.2, -0.15) is 0 Å². The highest BCUT2D eigenvalue weighted by atomic mass is 35.5. The Labute approximate surface area is 189 Å². The van der Waals surface area contributed by atoms with Gasteiger partial charge in [0.1, 0.15) is 5.02 Å². The standard InChI is InChI=1S/C22H21ClN6O3/c1-27-9-11-28(12-10-27)21-8-7-19(25-26-21)15-3-2-4-17(13-15)24-22(30)16-5-6-18(23)20(14-16)29(31)32/h2-8,13-14H,9-12H2,1H3,(H,24,30). The number of likely N-dealkylation sites (N-methyl/N-ethyl adjacent to an activating group) is 1. The number of nitrogens with one attached hydrogen (secondary N) is 1. The zero-order chi connectivity index (χ0) is 22.7. The van der Waals surface area contributed by atoms with Crippen LogP contribution in [0.3, 0.4) is 0 Å². The molecule has 2 heterocycles. The van der Waals surface area contributed by atoms with Gasteiger partial charge < -0.3 is 15.1 Å². The molecule has 0 spiro atoms. The highest BCUT2D eigenvalue weighted by Gasteiger charge is 2.17. The number of piperazine rings is 1. The molecule has 1 N–H and O–H groups in total. The number of carbonyl (C=O) groups is 1. The fraction of sp³-hybridized carbons (Fsp3) is 0.227. The fourth-order valence-electron chi connectivity index (χ4n) is 3.44. The summed E-state index contributed by atoms with van der Waals surface area (Å²) in [5, 5.41) is 22.5. The van der Waals surface area contributed by atoms with Crippen LogP contribution in [-0.4, -0.2) is 59.2 Å². The molecule has 3 aromatic rings. The Morgan fingerprint density at radius 3 is 2.53 bits per heavy atom. The first kappa shape index (κ1) is 21.7. The van der Waals surface area contributed by atoms with Gasteiger partial charge in [0, 0.05) is 49.1 Å². The van der Waals surface area contributed by atoms with Crippen LogP contribution in [0.2, 0.25) is 5.02 Å². The van der Waals surface area contributed by atoms with Gasteiger partial charge in [-0.15, -0.1) is 10.2 Å². The van der Waals surface area contributed by atoms with E-state index in [-0.39, 0.29) is 16.3 Å². The van der Waals surface area contributed by atoms with Crippen LogP contribution in [-0.2, 0) is 0 Å².